The van der Waals surface area contributed by atoms with Gasteiger partial charge < -0.3 is 10.6 Å². The summed E-state index contributed by atoms with van der Waals surface area (Å²) in [7, 11) is 0. The lowest BCUT2D eigenvalue weighted by Gasteiger charge is -2.10. The van der Waals surface area contributed by atoms with E-state index in [1.807, 2.05) is 37.3 Å². The van der Waals surface area contributed by atoms with Crippen molar-refractivity contribution in [3.8, 4) is 0 Å². The van der Waals surface area contributed by atoms with Crippen LogP contribution in [0.25, 0.3) is 0 Å². The van der Waals surface area contributed by atoms with Crippen LogP contribution in [0, 0.1) is 13.7 Å². The van der Waals surface area contributed by atoms with Crippen molar-refractivity contribution in [1.82, 2.24) is 0 Å². The standard InChI is InChI=1S/C14H14IN3O2/c1-2-16-12-7-13(9-14(8-12)18(19)20)17-11-5-3-4-10(15)6-11/h3-9,16-17H,2H2,1H3. The fourth-order valence-corrected chi connectivity index (χ4v) is 2.37. The molecule has 0 aliphatic rings. The molecule has 104 valence electrons. The van der Waals surface area contributed by atoms with Crippen molar-refractivity contribution in [1.29, 1.82) is 0 Å². The first-order valence-corrected chi connectivity index (χ1v) is 7.22. The molecule has 0 saturated carbocycles. The second kappa shape index (κ2) is 6.56. The monoisotopic (exact) mass is 383 g/mol. The number of nitro groups is 1. The Morgan fingerprint density at radius 1 is 1.15 bits per heavy atom. The molecule has 2 aromatic carbocycles. The van der Waals surface area contributed by atoms with Crippen LogP contribution in [0.5, 0.6) is 0 Å². The second-order valence-electron chi connectivity index (χ2n) is 4.19. The van der Waals surface area contributed by atoms with Crippen LogP contribution in [0.2, 0.25) is 0 Å². The first-order chi connectivity index (χ1) is 9.58. The molecule has 2 N–H and O–H groups in total. The molecule has 6 heteroatoms. The number of benzene rings is 2. The van der Waals surface area contributed by atoms with Crippen LogP contribution in [0.15, 0.2) is 42.5 Å². The van der Waals surface area contributed by atoms with Gasteiger partial charge in [0.25, 0.3) is 5.69 Å². The molecule has 0 aliphatic heterocycles. The predicted octanol–water partition coefficient (Wildman–Crippen LogP) is 4.37. The highest BCUT2D eigenvalue weighted by atomic mass is 127. The van der Waals surface area contributed by atoms with E-state index >= 15 is 0 Å². The van der Waals surface area contributed by atoms with Gasteiger partial charge >= 0.3 is 0 Å². The van der Waals surface area contributed by atoms with Gasteiger partial charge in [0, 0.05) is 39.3 Å². The quantitative estimate of drug-likeness (QED) is 0.457. The van der Waals surface area contributed by atoms with Gasteiger partial charge in [-0.15, -0.1) is 0 Å². The van der Waals surface area contributed by atoms with Crippen LogP contribution < -0.4 is 10.6 Å². The molecule has 0 fully saturated rings. The van der Waals surface area contributed by atoms with E-state index in [2.05, 4.69) is 33.2 Å². The molecule has 0 amide bonds. The third-order valence-electron chi connectivity index (χ3n) is 2.62. The highest BCUT2D eigenvalue weighted by Crippen LogP contribution is 2.27. The van der Waals surface area contributed by atoms with Crippen LogP contribution in [0.3, 0.4) is 0 Å². The van der Waals surface area contributed by atoms with Crippen molar-refractivity contribution in [3.05, 3.63) is 56.1 Å². The molecule has 0 radical (unpaired) electrons. The molecule has 0 bridgehead atoms. The number of non-ortho nitro benzene ring substituents is 1. The maximum Gasteiger partial charge on any atom is 0.273 e. The van der Waals surface area contributed by atoms with E-state index in [1.165, 1.54) is 12.1 Å². The van der Waals surface area contributed by atoms with E-state index < -0.39 is 0 Å². The molecule has 0 atom stereocenters. The highest BCUT2D eigenvalue weighted by Gasteiger charge is 2.09. The summed E-state index contributed by atoms with van der Waals surface area (Å²) in [6.07, 6.45) is 0. The summed E-state index contributed by atoms with van der Waals surface area (Å²) in [6, 6.07) is 12.7. The van der Waals surface area contributed by atoms with Gasteiger partial charge in [-0.25, -0.2) is 0 Å². The Morgan fingerprint density at radius 3 is 2.55 bits per heavy atom. The first kappa shape index (κ1) is 14.6. The van der Waals surface area contributed by atoms with Gasteiger partial charge in [-0.1, -0.05) is 6.07 Å². The van der Waals surface area contributed by atoms with Crippen molar-refractivity contribution >= 4 is 45.3 Å². The maximum atomic E-state index is 11.0. The maximum absolute atomic E-state index is 11.0. The van der Waals surface area contributed by atoms with Gasteiger partial charge in [0.05, 0.1) is 4.92 Å². The predicted molar refractivity (Wildman–Crippen MR) is 89.7 cm³/mol. The molecule has 2 rings (SSSR count). The summed E-state index contributed by atoms with van der Waals surface area (Å²) in [5.74, 6) is 0. The van der Waals surface area contributed by atoms with Crippen molar-refractivity contribution < 1.29 is 4.92 Å². The minimum absolute atomic E-state index is 0.0663. The van der Waals surface area contributed by atoms with Crippen molar-refractivity contribution in [2.75, 3.05) is 17.2 Å². The minimum Gasteiger partial charge on any atom is -0.385 e. The fraction of sp³-hybridized carbons (Fsp3) is 0.143. The van der Waals surface area contributed by atoms with Crippen LogP contribution in [0.4, 0.5) is 22.7 Å². The molecular weight excluding hydrogens is 369 g/mol. The normalized spacial score (nSPS) is 10.1. The lowest BCUT2D eigenvalue weighted by Crippen LogP contribution is -2.00. The van der Waals surface area contributed by atoms with Crippen LogP contribution in [-0.2, 0) is 0 Å². The van der Waals surface area contributed by atoms with Crippen molar-refractivity contribution in [2.45, 2.75) is 6.92 Å². The summed E-state index contributed by atoms with van der Waals surface area (Å²) in [5, 5.41) is 17.2. The zero-order valence-electron chi connectivity index (χ0n) is 10.9. The van der Waals surface area contributed by atoms with E-state index in [1.54, 1.807) is 0 Å². The van der Waals surface area contributed by atoms with Crippen molar-refractivity contribution in [3.63, 3.8) is 0 Å². The lowest BCUT2D eigenvalue weighted by atomic mass is 10.2. The average molecular weight is 383 g/mol. The molecule has 20 heavy (non-hydrogen) atoms. The largest absolute Gasteiger partial charge is 0.385 e. The van der Waals surface area contributed by atoms with Crippen LogP contribution in [0.1, 0.15) is 6.92 Å². The van der Waals surface area contributed by atoms with Gasteiger partial charge in [0.2, 0.25) is 0 Å². The molecule has 5 nitrogen and oxygen atoms in total. The lowest BCUT2D eigenvalue weighted by molar-refractivity contribution is -0.384. The summed E-state index contributed by atoms with van der Waals surface area (Å²) in [6.45, 7) is 2.66. The average Bonchev–Trinajstić information content (AvgIpc) is 2.38. The Kier molecular flexibility index (Phi) is 4.78. The molecule has 0 saturated heterocycles. The number of nitrogens with one attached hydrogen (secondary N) is 2. The summed E-state index contributed by atoms with van der Waals surface area (Å²) < 4.78 is 1.10. The van der Waals surface area contributed by atoms with Gasteiger partial charge in [0.15, 0.2) is 0 Å². The van der Waals surface area contributed by atoms with E-state index in [4.69, 9.17) is 0 Å². The van der Waals surface area contributed by atoms with Gasteiger partial charge in [-0.2, -0.15) is 0 Å². The SMILES string of the molecule is CCNc1cc(Nc2cccc(I)c2)cc([N+](=O)[O-])c1. The number of hydrogen-bond donors (Lipinski definition) is 2. The molecule has 0 aliphatic carbocycles. The summed E-state index contributed by atoms with van der Waals surface area (Å²) in [4.78, 5) is 10.6. The summed E-state index contributed by atoms with van der Waals surface area (Å²) in [5.41, 5.74) is 2.39. The smallest absolute Gasteiger partial charge is 0.273 e. The Hall–Kier alpha value is -1.83. The molecule has 0 heterocycles. The molecule has 0 spiro atoms. The number of rotatable bonds is 5. The fourth-order valence-electron chi connectivity index (χ4n) is 1.83. The Morgan fingerprint density at radius 2 is 1.90 bits per heavy atom. The number of nitro benzene ring substituents is 1. The van der Waals surface area contributed by atoms with Crippen LogP contribution in [-0.4, -0.2) is 11.5 Å². The zero-order chi connectivity index (χ0) is 14.5. The summed E-state index contributed by atoms with van der Waals surface area (Å²) >= 11 is 2.22. The molecule has 2 aromatic rings. The second-order valence-corrected chi connectivity index (χ2v) is 5.44. The minimum atomic E-state index is -0.388. The zero-order valence-corrected chi connectivity index (χ0v) is 13.0. The van der Waals surface area contributed by atoms with Gasteiger partial charge in [-0.05, 0) is 53.8 Å². The van der Waals surface area contributed by atoms with Crippen LogP contribution >= 0.6 is 22.6 Å². The molecule has 0 aromatic heterocycles. The van der Waals surface area contributed by atoms with Gasteiger partial charge in [-0.3, -0.25) is 10.1 Å². The van der Waals surface area contributed by atoms with Gasteiger partial charge in [0.1, 0.15) is 0 Å². The molecular formula is C14H14IN3O2. The third-order valence-corrected chi connectivity index (χ3v) is 3.29. The van der Waals surface area contributed by atoms with E-state index in [9.17, 15) is 10.1 Å². The topological polar surface area (TPSA) is 67.2 Å². The highest BCUT2D eigenvalue weighted by molar-refractivity contribution is 14.1. The van der Waals surface area contributed by atoms with E-state index in [0.29, 0.717) is 12.2 Å². The van der Waals surface area contributed by atoms with E-state index in [-0.39, 0.29) is 10.6 Å². The first-order valence-electron chi connectivity index (χ1n) is 6.14. The Labute approximate surface area is 130 Å². The molecule has 0 unspecified atom stereocenters. The third kappa shape index (κ3) is 3.83. The van der Waals surface area contributed by atoms with Crippen molar-refractivity contribution in [2.24, 2.45) is 0 Å². The van der Waals surface area contributed by atoms with E-state index in [0.717, 1.165) is 14.9 Å². The number of halogens is 1. The number of hydrogen-bond acceptors (Lipinski definition) is 4. The Balaban J connectivity index is 2.32. The number of nitrogens with zero attached hydrogens (tertiary/aromatic N) is 1. The number of anilines is 3. The Bertz CT molecular complexity index is 632.